The van der Waals surface area contributed by atoms with Crippen LogP contribution in [0.5, 0.6) is 0 Å². The molecular weight excluding hydrogens is 350 g/mol. The second kappa shape index (κ2) is 8.02. The molecular formula is C15H17N3O4S2. The number of hydrogen-bond donors (Lipinski definition) is 2. The van der Waals surface area contributed by atoms with Crippen LogP contribution in [-0.2, 0) is 10.5 Å². The maximum absolute atomic E-state index is 12.2. The topological polar surface area (TPSA) is 108 Å². The Morgan fingerprint density at radius 1 is 1.46 bits per heavy atom. The number of aromatic nitrogens is 1. The number of carbonyl (C=O) groups excluding carboxylic acids is 2. The molecule has 0 saturated heterocycles. The molecule has 3 N–H and O–H groups in total. The minimum absolute atomic E-state index is 0.196. The zero-order chi connectivity index (χ0) is 17.7. The first kappa shape index (κ1) is 18.1. The number of nitrogens with two attached hydrogens (primary N) is 1. The van der Waals surface area contributed by atoms with Crippen LogP contribution in [0, 0.1) is 5.21 Å². The third kappa shape index (κ3) is 3.80. The summed E-state index contributed by atoms with van der Waals surface area (Å²) in [5, 5.41) is 15.0. The van der Waals surface area contributed by atoms with E-state index in [4.69, 9.17) is 10.5 Å². The van der Waals surface area contributed by atoms with Gasteiger partial charge in [-0.15, -0.1) is 11.3 Å². The van der Waals surface area contributed by atoms with Gasteiger partial charge in [-0.3, -0.25) is 4.79 Å². The second-order valence-corrected chi connectivity index (χ2v) is 6.65. The predicted molar refractivity (Wildman–Crippen MR) is 93.0 cm³/mol. The fraction of sp³-hybridized carbons (Fsp3) is 0.267. The highest BCUT2D eigenvalue weighted by Crippen LogP contribution is 2.35. The van der Waals surface area contributed by atoms with Crippen LogP contribution in [0.2, 0.25) is 0 Å². The van der Waals surface area contributed by atoms with E-state index in [1.165, 1.54) is 25.0 Å². The van der Waals surface area contributed by atoms with Crippen molar-refractivity contribution < 1.29 is 19.1 Å². The van der Waals surface area contributed by atoms with Gasteiger partial charge in [0.2, 0.25) is 0 Å². The largest absolute Gasteiger partial charge is 0.618 e. The van der Waals surface area contributed by atoms with Gasteiger partial charge < -0.3 is 21.0 Å². The molecule has 2 heterocycles. The van der Waals surface area contributed by atoms with Gasteiger partial charge in [0.25, 0.3) is 10.9 Å². The number of nitrogens with one attached hydrogen (secondary N) is 1. The van der Waals surface area contributed by atoms with E-state index >= 15 is 0 Å². The summed E-state index contributed by atoms with van der Waals surface area (Å²) in [6.45, 7) is 1.90. The van der Waals surface area contributed by atoms with E-state index < -0.39 is 5.97 Å². The molecule has 1 amide bonds. The monoisotopic (exact) mass is 367 g/mol. The van der Waals surface area contributed by atoms with Crippen molar-refractivity contribution in [3.63, 3.8) is 0 Å². The molecule has 9 heteroatoms. The lowest BCUT2D eigenvalue weighted by Gasteiger charge is -2.07. The van der Waals surface area contributed by atoms with Crippen molar-refractivity contribution >= 4 is 40.0 Å². The lowest BCUT2D eigenvalue weighted by Crippen LogP contribution is -2.27. The summed E-state index contributed by atoms with van der Waals surface area (Å²) in [4.78, 5) is 24.6. The number of ether oxygens (including phenoxy) is 1. The van der Waals surface area contributed by atoms with Crippen LogP contribution >= 0.6 is 23.1 Å². The molecule has 2 aromatic rings. The zero-order valence-corrected chi connectivity index (χ0v) is 14.8. The van der Waals surface area contributed by atoms with Gasteiger partial charge in [-0.1, -0.05) is 11.8 Å². The molecule has 0 radical (unpaired) electrons. The quantitative estimate of drug-likeness (QED) is 0.349. The summed E-state index contributed by atoms with van der Waals surface area (Å²) in [6.07, 6.45) is 1.39. The van der Waals surface area contributed by atoms with E-state index in [0.717, 1.165) is 16.1 Å². The van der Waals surface area contributed by atoms with Crippen LogP contribution in [-0.4, -0.2) is 25.5 Å². The molecule has 0 spiro atoms. The Kier molecular flexibility index (Phi) is 6.04. The van der Waals surface area contributed by atoms with Gasteiger partial charge in [-0.25, -0.2) is 4.79 Å². The molecule has 2 aromatic heterocycles. The van der Waals surface area contributed by atoms with Crippen LogP contribution in [0.4, 0.5) is 5.00 Å². The number of rotatable bonds is 6. The molecule has 0 aliphatic heterocycles. The third-order valence-electron chi connectivity index (χ3n) is 3.10. The van der Waals surface area contributed by atoms with Crippen LogP contribution in [0.15, 0.2) is 29.4 Å². The first-order valence-electron chi connectivity index (χ1n) is 7.10. The number of anilines is 1. The van der Waals surface area contributed by atoms with Crippen molar-refractivity contribution in [2.45, 2.75) is 17.7 Å². The molecule has 24 heavy (non-hydrogen) atoms. The van der Waals surface area contributed by atoms with E-state index in [1.54, 1.807) is 25.1 Å². The van der Waals surface area contributed by atoms with Crippen molar-refractivity contribution in [2.75, 3.05) is 19.4 Å². The fourth-order valence-electron chi connectivity index (χ4n) is 2.02. The van der Waals surface area contributed by atoms with Crippen molar-refractivity contribution in [2.24, 2.45) is 0 Å². The number of hydrogen-bond acceptors (Lipinski definition) is 7. The minimum Gasteiger partial charge on any atom is -0.618 e. The number of carbonyl (C=O) groups is 2. The molecule has 0 atom stereocenters. The van der Waals surface area contributed by atoms with E-state index in [1.807, 2.05) is 0 Å². The van der Waals surface area contributed by atoms with Crippen LogP contribution < -0.4 is 15.8 Å². The lowest BCUT2D eigenvalue weighted by atomic mass is 10.1. The van der Waals surface area contributed by atoms with Gasteiger partial charge >= 0.3 is 5.97 Å². The van der Waals surface area contributed by atoms with Gasteiger partial charge in [0, 0.05) is 30.5 Å². The van der Waals surface area contributed by atoms with Crippen LogP contribution in [0.3, 0.4) is 0 Å². The van der Waals surface area contributed by atoms with Gasteiger partial charge in [0.05, 0.1) is 17.0 Å². The van der Waals surface area contributed by atoms with Crippen molar-refractivity contribution in [3.05, 3.63) is 45.6 Å². The molecule has 7 nitrogen and oxygen atoms in total. The van der Waals surface area contributed by atoms with Gasteiger partial charge in [0.1, 0.15) is 5.00 Å². The molecule has 0 unspecified atom stereocenters. The smallest absolute Gasteiger partial charge is 0.341 e. The summed E-state index contributed by atoms with van der Waals surface area (Å²) >= 11 is 2.25. The molecule has 128 valence electrons. The number of pyridine rings is 1. The number of thioether (sulfide) groups is 1. The second-order valence-electron chi connectivity index (χ2n) is 4.60. The number of nitrogens with zero attached hydrogens (tertiary/aromatic N) is 1. The van der Waals surface area contributed by atoms with Crippen LogP contribution in [0.25, 0.3) is 0 Å². The fourth-order valence-corrected chi connectivity index (χ4v) is 4.07. The normalized spacial score (nSPS) is 10.4. The Morgan fingerprint density at radius 3 is 2.83 bits per heavy atom. The molecule has 0 bridgehead atoms. The molecule has 0 saturated carbocycles. The SMILES string of the molecule is CCOC(=O)c1c(N)sc(C(=O)NC)c1CSc1cccc[n+]1[O-]. The van der Waals surface area contributed by atoms with E-state index in [2.05, 4.69) is 5.32 Å². The minimum atomic E-state index is -0.569. The Labute approximate surface area is 147 Å². The Bertz CT molecular complexity index is 761. The average molecular weight is 367 g/mol. The molecule has 2 rings (SSSR count). The number of amides is 1. The maximum Gasteiger partial charge on any atom is 0.341 e. The Hall–Kier alpha value is -2.26. The van der Waals surface area contributed by atoms with Crippen molar-refractivity contribution in [1.29, 1.82) is 0 Å². The molecule has 0 fully saturated rings. The Balaban J connectivity index is 2.39. The lowest BCUT2D eigenvalue weighted by molar-refractivity contribution is -0.645. The predicted octanol–water partition coefficient (Wildman–Crippen LogP) is 1.79. The summed E-state index contributed by atoms with van der Waals surface area (Å²) < 4.78 is 5.76. The standard InChI is InChI=1S/C15H17N3O4S2/c1-3-22-15(20)11-9(12(14(19)17-2)24-13(11)16)8-23-10-6-4-5-7-18(10)21/h4-7H,3,8,16H2,1-2H3,(H,17,19). The molecule has 0 aliphatic carbocycles. The van der Waals surface area contributed by atoms with E-state index in [-0.39, 0.29) is 28.8 Å². The number of thiophene rings is 1. The first-order chi connectivity index (χ1) is 11.5. The van der Waals surface area contributed by atoms with Crippen molar-refractivity contribution in [3.8, 4) is 0 Å². The summed E-state index contributed by atoms with van der Waals surface area (Å²) in [7, 11) is 1.50. The van der Waals surface area contributed by atoms with E-state index in [0.29, 0.717) is 15.5 Å². The zero-order valence-electron chi connectivity index (χ0n) is 13.2. The van der Waals surface area contributed by atoms with E-state index in [9.17, 15) is 14.8 Å². The molecule has 0 aliphatic rings. The first-order valence-corrected chi connectivity index (χ1v) is 8.91. The molecule has 0 aromatic carbocycles. The Morgan fingerprint density at radius 2 is 2.21 bits per heavy atom. The summed E-state index contributed by atoms with van der Waals surface area (Å²) in [6, 6.07) is 5.03. The maximum atomic E-state index is 12.2. The van der Waals surface area contributed by atoms with Gasteiger partial charge in [-0.2, -0.15) is 4.73 Å². The average Bonchev–Trinajstić information content (AvgIpc) is 2.90. The highest BCUT2D eigenvalue weighted by molar-refractivity contribution is 7.98. The van der Waals surface area contributed by atoms with Gasteiger partial charge in [-0.05, 0) is 13.0 Å². The van der Waals surface area contributed by atoms with Crippen molar-refractivity contribution in [1.82, 2.24) is 5.32 Å². The number of nitrogen functional groups attached to an aromatic ring is 1. The highest BCUT2D eigenvalue weighted by atomic mass is 32.2. The van der Waals surface area contributed by atoms with Crippen LogP contribution in [0.1, 0.15) is 32.5 Å². The number of esters is 1. The summed E-state index contributed by atoms with van der Waals surface area (Å²) in [5.74, 6) is -0.655. The van der Waals surface area contributed by atoms with Gasteiger partial charge in [0.15, 0.2) is 6.20 Å². The third-order valence-corrected chi connectivity index (χ3v) is 5.20. The summed E-state index contributed by atoms with van der Waals surface area (Å²) in [5.41, 5.74) is 6.60. The highest BCUT2D eigenvalue weighted by Gasteiger charge is 2.27.